The standard InChI is InChI=1S/C17H25N3O3S/c1-5-6-7-8-9-18-15(21)14-11(2)13-16(23-4)19-12(10-22-3)20-17(13)24-14/h5-10H2,1-4H3,(H,18,21). The summed E-state index contributed by atoms with van der Waals surface area (Å²) in [5.41, 5.74) is 0.863. The molecule has 0 aliphatic rings. The number of amides is 1. The molecule has 0 atom stereocenters. The number of nitrogens with one attached hydrogen (secondary N) is 1. The molecule has 6 nitrogen and oxygen atoms in total. The molecule has 0 aromatic carbocycles. The summed E-state index contributed by atoms with van der Waals surface area (Å²) in [6.07, 6.45) is 4.53. The van der Waals surface area contributed by atoms with Crippen molar-refractivity contribution in [2.75, 3.05) is 20.8 Å². The van der Waals surface area contributed by atoms with E-state index in [1.165, 1.54) is 24.2 Å². The summed E-state index contributed by atoms with van der Waals surface area (Å²) in [5, 5.41) is 3.80. The number of thiophene rings is 1. The minimum atomic E-state index is -0.0534. The van der Waals surface area contributed by atoms with Crippen LogP contribution in [-0.4, -0.2) is 36.6 Å². The molecule has 2 aromatic rings. The van der Waals surface area contributed by atoms with Gasteiger partial charge in [0.05, 0.1) is 17.4 Å². The van der Waals surface area contributed by atoms with Gasteiger partial charge in [0.25, 0.3) is 5.91 Å². The van der Waals surface area contributed by atoms with Crippen LogP contribution in [0.5, 0.6) is 5.88 Å². The molecule has 0 radical (unpaired) electrons. The van der Waals surface area contributed by atoms with Crippen LogP contribution in [0.15, 0.2) is 0 Å². The molecule has 0 unspecified atom stereocenters. The number of methoxy groups -OCH3 is 2. The first-order chi connectivity index (χ1) is 11.6. The van der Waals surface area contributed by atoms with Crippen LogP contribution in [0.4, 0.5) is 0 Å². The molecule has 0 spiro atoms. The van der Waals surface area contributed by atoms with Gasteiger partial charge < -0.3 is 14.8 Å². The van der Waals surface area contributed by atoms with E-state index in [1.807, 2.05) is 6.92 Å². The molecule has 2 aromatic heterocycles. The maximum Gasteiger partial charge on any atom is 0.261 e. The molecule has 2 heterocycles. The average Bonchev–Trinajstić information content (AvgIpc) is 2.91. The molecule has 0 saturated carbocycles. The second-order valence-electron chi connectivity index (χ2n) is 5.64. The number of unbranched alkanes of at least 4 members (excludes halogenated alkanes) is 3. The van der Waals surface area contributed by atoms with Crippen molar-refractivity contribution in [1.82, 2.24) is 15.3 Å². The van der Waals surface area contributed by atoms with Crippen LogP contribution in [-0.2, 0) is 11.3 Å². The van der Waals surface area contributed by atoms with Crippen molar-refractivity contribution in [3.63, 3.8) is 0 Å². The van der Waals surface area contributed by atoms with Gasteiger partial charge >= 0.3 is 0 Å². The molecular formula is C17H25N3O3S. The Morgan fingerprint density at radius 3 is 2.67 bits per heavy atom. The Balaban J connectivity index is 2.21. The number of aromatic nitrogens is 2. The van der Waals surface area contributed by atoms with Gasteiger partial charge in [0.15, 0.2) is 5.82 Å². The summed E-state index contributed by atoms with van der Waals surface area (Å²) in [4.78, 5) is 22.7. The van der Waals surface area contributed by atoms with Gasteiger partial charge in [0.2, 0.25) is 5.88 Å². The smallest absolute Gasteiger partial charge is 0.261 e. The summed E-state index contributed by atoms with van der Waals surface area (Å²) in [6.45, 7) is 5.09. The summed E-state index contributed by atoms with van der Waals surface area (Å²) >= 11 is 1.37. The fraction of sp³-hybridized carbons (Fsp3) is 0.588. The summed E-state index contributed by atoms with van der Waals surface area (Å²) in [5.74, 6) is 0.986. The molecule has 2 rings (SSSR count). The third-order valence-electron chi connectivity index (χ3n) is 3.79. The highest BCUT2D eigenvalue weighted by Crippen LogP contribution is 2.34. The average molecular weight is 351 g/mol. The third kappa shape index (κ3) is 4.21. The normalized spacial score (nSPS) is 11.0. The van der Waals surface area contributed by atoms with Crippen molar-refractivity contribution >= 4 is 27.5 Å². The minimum Gasteiger partial charge on any atom is -0.480 e. The molecule has 24 heavy (non-hydrogen) atoms. The van der Waals surface area contributed by atoms with Gasteiger partial charge in [0.1, 0.15) is 11.4 Å². The van der Waals surface area contributed by atoms with Crippen LogP contribution in [0.25, 0.3) is 10.2 Å². The van der Waals surface area contributed by atoms with Gasteiger partial charge in [-0.2, -0.15) is 4.98 Å². The zero-order valence-corrected chi connectivity index (χ0v) is 15.6. The molecule has 7 heteroatoms. The molecule has 0 bridgehead atoms. The monoisotopic (exact) mass is 351 g/mol. The van der Waals surface area contributed by atoms with E-state index >= 15 is 0 Å². The number of carbonyl (C=O) groups is 1. The Hall–Kier alpha value is -1.73. The first-order valence-electron chi connectivity index (χ1n) is 8.23. The predicted octanol–water partition coefficient (Wildman–Crippen LogP) is 3.46. The van der Waals surface area contributed by atoms with Crippen molar-refractivity contribution in [3.8, 4) is 5.88 Å². The molecular weight excluding hydrogens is 326 g/mol. The zero-order valence-electron chi connectivity index (χ0n) is 14.8. The Kier molecular flexibility index (Phi) is 6.93. The first-order valence-corrected chi connectivity index (χ1v) is 9.05. The topological polar surface area (TPSA) is 73.3 Å². The second-order valence-corrected chi connectivity index (χ2v) is 6.63. The van der Waals surface area contributed by atoms with Gasteiger partial charge in [-0.05, 0) is 18.9 Å². The fourth-order valence-corrected chi connectivity index (χ4v) is 3.64. The van der Waals surface area contributed by atoms with Gasteiger partial charge in [0, 0.05) is 13.7 Å². The maximum absolute atomic E-state index is 12.5. The van der Waals surface area contributed by atoms with Gasteiger partial charge in [-0.3, -0.25) is 4.79 Å². The molecule has 0 saturated heterocycles. The molecule has 1 N–H and O–H groups in total. The summed E-state index contributed by atoms with van der Waals surface area (Å²) in [6, 6.07) is 0. The number of rotatable bonds is 9. The number of fused-ring (bicyclic) bond motifs is 1. The fourth-order valence-electron chi connectivity index (χ4n) is 2.54. The number of ether oxygens (including phenoxy) is 2. The Morgan fingerprint density at radius 2 is 2.00 bits per heavy atom. The van der Waals surface area contributed by atoms with E-state index < -0.39 is 0 Å². The number of aryl methyl sites for hydroxylation is 1. The third-order valence-corrected chi connectivity index (χ3v) is 4.98. The molecule has 1 amide bonds. The van der Waals surface area contributed by atoms with Gasteiger partial charge in [-0.15, -0.1) is 11.3 Å². The van der Waals surface area contributed by atoms with Crippen LogP contribution >= 0.6 is 11.3 Å². The largest absolute Gasteiger partial charge is 0.480 e. The number of nitrogens with zero attached hydrogens (tertiary/aromatic N) is 2. The molecule has 0 aliphatic carbocycles. The van der Waals surface area contributed by atoms with Crippen molar-refractivity contribution < 1.29 is 14.3 Å². The van der Waals surface area contributed by atoms with Crippen LogP contribution in [0, 0.1) is 6.92 Å². The highest BCUT2D eigenvalue weighted by molar-refractivity contribution is 7.20. The van der Waals surface area contributed by atoms with Gasteiger partial charge in [-0.25, -0.2) is 4.98 Å². The summed E-state index contributed by atoms with van der Waals surface area (Å²) < 4.78 is 10.5. The lowest BCUT2D eigenvalue weighted by Gasteiger charge is -2.05. The van der Waals surface area contributed by atoms with Crippen molar-refractivity contribution in [2.24, 2.45) is 0 Å². The lowest BCUT2D eigenvalue weighted by Crippen LogP contribution is -2.24. The second kappa shape index (κ2) is 8.94. The van der Waals surface area contributed by atoms with Gasteiger partial charge in [-0.1, -0.05) is 26.2 Å². The SMILES string of the molecule is CCCCCCNC(=O)c1sc2nc(COC)nc(OC)c2c1C. The number of hydrogen-bond acceptors (Lipinski definition) is 6. The maximum atomic E-state index is 12.5. The highest BCUT2D eigenvalue weighted by Gasteiger charge is 2.20. The Morgan fingerprint density at radius 1 is 1.21 bits per heavy atom. The highest BCUT2D eigenvalue weighted by atomic mass is 32.1. The number of hydrogen-bond donors (Lipinski definition) is 1. The first kappa shape index (κ1) is 18.6. The minimum absolute atomic E-state index is 0.0534. The van der Waals surface area contributed by atoms with Crippen LogP contribution in [0.1, 0.15) is 53.7 Å². The van der Waals surface area contributed by atoms with E-state index in [1.54, 1.807) is 14.2 Å². The van der Waals surface area contributed by atoms with E-state index in [2.05, 4.69) is 22.2 Å². The molecule has 0 fully saturated rings. The van der Waals surface area contributed by atoms with Crippen molar-refractivity contribution in [2.45, 2.75) is 46.1 Å². The Bertz CT molecular complexity index is 700. The Labute approximate surface area is 146 Å². The lowest BCUT2D eigenvalue weighted by molar-refractivity contribution is 0.0956. The van der Waals surface area contributed by atoms with E-state index in [-0.39, 0.29) is 5.91 Å². The molecule has 132 valence electrons. The van der Waals surface area contributed by atoms with E-state index in [9.17, 15) is 4.79 Å². The van der Waals surface area contributed by atoms with Crippen molar-refractivity contribution in [1.29, 1.82) is 0 Å². The van der Waals surface area contributed by atoms with Crippen molar-refractivity contribution in [3.05, 3.63) is 16.3 Å². The zero-order chi connectivity index (χ0) is 17.5. The van der Waals surface area contributed by atoms with E-state index in [0.29, 0.717) is 29.7 Å². The number of carbonyl (C=O) groups excluding carboxylic acids is 1. The molecule has 0 aliphatic heterocycles. The van der Waals surface area contributed by atoms with E-state index in [0.717, 1.165) is 28.6 Å². The van der Waals surface area contributed by atoms with E-state index in [4.69, 9.17) is 9.47 Å². The quantitative estimate of drug-likeness (QED) is 0.700. The lowest BCUT2D eigenvalue weighted by atomic mass is 10.2. The van der Waals surface area contributed by atoms with Crippen LogP contribution in [0.3, 0.4) is 0 Å². The summed E-state index contributed by atoms with van der Waals surface area (Å²) in [7, 11) is 3.17. The van der Waals surface area contributed by atoms with Crippen LogP contribution in [0.2, 0.25) is 0 Å². The van der Waals surface area contributed by atoms with Crippen LogP contribution < -0.4 is 10.1 Å². The predicted molar refractivity (Wildman–Crippen MR) is 95.9 cm³/mol.